The van der Waals surface area contributed by atoms with Crippen LogP contribution in [0, 0.1) is 0 Å². The van der Waals surface area contributed by atoms with E-state index in [1.807, 2.05) is 24.3 Å². The lowest BCUT2D eigenvalue weighted by atomic mass is 9.87. The fraction of sp³-hybridized carbons (Fsp3) is 0.0339. The average Bonchev–Trinajstić information content (AvgIpc) is 3.77. The number of fused-ring (bicyclic) bond motifs is 6. The third kappa shape index (κ3) is 6.61. The molecule has 4 heteroatoms. The predicted octanol–water partition coefficient (Wildman–Crippen LogP) is 15.2. The normalized spacial score (nSPS) is 14.0. The van der Waals surface area contributed by atoms with Gasteiger partial charge >= 0.3 is 0 Å². The van der Waals surface area contributed by atoms with E-state index in [9.17, 15) is 0 Å². The lowest BCUT2D eigenvalue weighted by Crippen LogP contribution is -2.00. The lowest BCUT2D eigenvalue weighted by Gasteiger charge is -2.16. The summed E-state index contributed by atoms with van der Waals surface area (Å²) in [6.45, 7) is 0. The molecule has 0 bridgehead atoms. The smallest absolute Gasteiger partial charge is 0.160 e. The summed E-state index contributed by atoms with van der Waals surface area (Å²) in [5, 5.41) is 3.47. The lowest BCUT2D eigenvalue weighted by molar-refractivity contribution is 0.425. The number of pyridine rings is 1. The average molecular weight is 806 g/mol. The monoisotopic (exact) mass is 805 g/mol. The van der Waals surface area contributed by atoms with Gasteiger partial charge in [-0.05, 0) is 69.3 Å². The summed E-state index contributed by atoms with van der Waals surface area (Å²) >= 11 is 0. The molecule has 0 radical (unpaired) electrons. The molecule has 0 spiro atoms. The first kappa shape index (κ1) is 36.6. The van der Waals surface area contributed by atoms with Crippen LogP contribution in [0.5, 0.6) is 5.75 Å². The quantitative estimate of drug-likeness (QED) is 0.161. The number of para-hydroxylation sites is 1. The summed E-state index contributed by atoms with van der Waals surface area (Å²) in [5.74, 6) is 2.70. The molecule has 0 saturated heterocycles. The fourth-order valence-corrected chi connectivity index (χ4v) is 9.33. The van der Waals surface area contributed by atoms with Gasteiger partial charge in [0.05, 0.1) is 22.8 Å². The van der Waals surface area contributed by atoms with Gasteiger partial charge in [-0.15, -0.1) is 0 Å². The zero-order chi connectivity index (χ0) is 41.7. The molecule has 63 heavy (non-hydrogen) atoms. The van der Waals surface area contributed by atoms with Crippen LogP contribution in [-0.4, -0.2) is 15.0 Å². The number of ether oxygens (including phenoxy) is 1. The molecule has 0 saturated carbocycles. The summed E-state index contributed by atoms with van der Waals surface area (Å²) in [6.07, 6.45) is 7.35. The molecular weight excluding hydrogens is 767 g/mol. The molecule has 1 unspecified atom stereocenters. The van der Waals surface area contributed by atoms with Gasteiger partial charge < -0.3 is 4.74 Å². The maximum atomic E-state index is 6.75. The van der Waals surface area contributed by atoms with Crippen LogP contribution in [0.4, 0.5) is 0 Å². The van der Waals surface area contributed by atoms with E-state index in [1.54, 1.807) is 0 Å². The summed E-state index contributed by atoms with van der Waals surface area (Å²) in [6, 6.07) is 70.5. The first-order chi connectivity index (χ1) is 31.2. The SMILES string of the molecule is C1=CCC2C(=C1)Oc1c(-c3cccc4ccccc34)nc3c(-c4cccc(-c5cccc(-c6cc(-c7ccc(-c8ccccc8)cc7)nc(-c7ccccc7)n6)c5)c4)cccc3c12. The second-order valence-corrected chi connectivity index (χ2v) is 16.3. The van der Waals surface area contributed by atoms with Gasteiger partial charge in [-0.3, -0.25) is 0 Å². The Balaban J connectivity index is 0.962. The van der Waals surface area contributed by atoms with Gasteiger partial charge in [0.2, 0.25) is 0 Å². The Kier molecular flexibility index (Phi) is 8.93. The number of aromatic nitrogens is 3. The molecule has 3 heterocycles. The van der Waals surface area contributed by atoms with Crippen molar-refractivity contribution in [1.29, 1.82) is 0 Å². The second-order valence-electron chi connectivity index (χ2n) is 16.3. The summed E-state index contributed by atoms with van der Waals surface area (Å²) in [5.41, 5.74) is 15.7. The Hall–Kier alpha value is -8.21. The van der Waals surface area contributed by atoms with Gasteiger partial charge in [0.1, 0.15) is 11.5 Å². The number of benzene rings is 8. The Morgan fingerprint density at radius 2 is 1.00 bits per heavy atom. The van der Waals surface area contributed by atoms with Crippen LogP contribution in [0.3, 0.4) is 0 Å². The number of nitrogens with zero attached hydrogens (tertiary/aromatic N) is 3. The van der Waals surface area contributed by atoms with Crippen molar-refractivity contribution in [3.8, 4) is 84.3 Å². The minimum absolute atomic E-state index is 0.145. The van der Waals surface area contributed by atoms with E-state index in [4.69, 9.17) is 19.7 Å². The third-order valence-corrected chi connectivity index (χ3v) is 12.4. The second kappa shape index (κ2) is 15.4. The highest BCUT2D eigenvalue weighted by Crippen LogP contribution is 2.53. The molecule has 2 aliphatic rings. The number of allylic oxidation sites excluding steroid dienone is 4. The Bertz CT molecular complexity index is 3440. The highest BCUT2D eigenvalue weighted by Gasteiger charge is 2.35. The molecule has 296 valence electrons. The van der Waals surface area contributed by atoms with E-state index in [-0.39, 0.29) is 5.92 Å². The van der Waals surface area contributed by atoms with Crippen molar-refractivity contribution in [3.63, 3.8) is 0 Å². The Morgan fingerprint density at radius 1 is 0.429 bits per heavy atom. The first-order valence-electron chi connectivity index (χ1n) is 21.5. The summed E-state index contributed by atoms with van der Waals surface area (Å²) in [7, 11) is 0. The zero-order valence-electron chi connectivity index (χ0n) is 34.3. The number of hydrogen-bond acceptors (Lipinski definition) is 4. The molecule has 2 aromatic heterocycles. The van der Waals surface area contributed by atoms with Gasteiger partial charge in [-0.25, -0.2) is 15.0 Å². The van der Waals surface area contributed by atoms with Crippen molar-refractivity contribution in [2.24, 2.45) is 0 Å². The highest BCUT2D eigenvalue weighted by atomic mass is 16.5. The van der Waals surface area contributed by atoms with Crippen molar-refractivity contribution in [3.05, 3.63) is 230 Å². The van der Waals surface area contributed by atoms with E-state index in [0.29, 0.717) is 5.82 Å². The molecule has 10 aromatic rings. The van der Waals surface area contributed by atoms with Gasteiger partial charge in [-0.1, -0.05) is 194 Å². The molecule has 1 atom stereocenters. The zero-order valence-corrected chi connectivity index (χ0v) is 34.3. The molecule has 0 amide bonds. The van der Waals surface area contributed by atoms with Crippen molar-refractivity contribution in [2.45, 2.75) is 12.3 Å². The molecule has 4 nitrogen and oxygen atoms in total. The van der Waals surface area contributed by atoms with Gasteiger partial charge in [0.25, 0.3) is 0 Å². The van der Waals surface area contributed by atoms with Crippen molar-refractivity contribution < 1.29 is 4.74 Å². The molecule has 8 aromatic carbocycles. The van der Waals surface area contributed by atoms with Crippen LogP contribution < -0.4 is 4.74 Å². The molecular formula is C59H39N3O. The van der Waals surface area contributed by atoms with Crippen LogP contribution in [0.25, 0.3) is 100 Å². The van der Waals surface area contributed by atoms with Crippen molar-refractivity contribution in [2.75, 3.05) is 0 Å². The molecule has 0 N–H and O–H groups in total. The fourth-order valence-electron chi connectivity index (χ4n) is 9.33. The Morgan fingerprint density at radius 3 is 1.81 bits per heavy atom. The molecule has 12 rings (SSSR count). The largest absolute Gasteiger partial charge is 0.458 e. The van der Waals surface area contributed by atoms with Gasteiger partial charge in [-0.2, -0.15) is 0 Å². The van der Waals surface area contributed by atoms with E-state index in [0.717, 1.165) is 95.8 Å². The standard InChI is InChI=1S/C59H39N3O/c1-3-15-38(16-4-1)39-31-33-41(34-32-39)52-37-53(61-59(60-52)42-18-5-2-6-19-42)46-24-12-22-44(36-46)43-21-11-23-45(35-43)48-27-14-29-51-55-50-26-9-10-30-54(50)63-58(55)57(62-56(48)51)49-28-13-20-40-17-7-8-25-47(40)49/h1-25,27-37,50H,26H2. The maximum Gasteiger partial charge on any atom is 0.160 e. The van der Waals surface area contributed by atoms with Crippen LogP contribution in [0.1, 0.15) is 17.9 Å². The van der Waals surface area contributed by atoms with Crippen LogP contribution in [0.2, 0.25) is 0 Å². The topological polar surface area (TPSA) is 47.9 Å². The van der Waals surface area contributed by atoms with E-state index in [2.05, 4.69) is 194 Å². The van der Waals surface area contributed by atoms with Crippen LogP contribution in [0.15, 0.2) is 224 Å². The van der Waals surface area contributed by atoms with Crippen LogP contribution in [-0.2, 0) is 0 Å². The van der Waals surface area contributed by atoms with Gasteiger partial charge in [0, 0.05) is 38.8 Å². The maximum absolute atomic E-state index is 6.75. The minimum atomic E-state index is 0.145. The van der Waals surface area contributed by atoms with Gasteiger partial charge in [0.15, 0.2) is 11.6 Å². The summed E-state index contributed by atoms with van der Waals surface area (Å²) < 4.78 is 6.75. The van der Waals surface area contributed by atoms with E-state index < -0.39 is 0 Å². The van der Waals surface area contributed by atoms with Crippen molar-refractivity contribution >= 4 is 21.7 Å². The number of rotatable bonds is 7. The third-order valence-electron chi connectivity index (χ3n) is 12.4. The summed E-state index contributed by atoms with van der Waals surface area (Å²) in [4.78, 5) is 15.8. The minimum Gasteiger partial charge on any atom is -0.458 e. The number of hydrogen-bond donors (Lipinski definition) is 0. The predicted molar refractivity (Wildman–Crippen MR) is 258 cm³/mol. The van der Waals surface area contributed by atoms with Crippen molar-refractivity contribution in [1.82, 2.24) is 15.0 Å². The Labute approximate surface area is 366 Å². The highest BCUT2D eigenvalue weighted by molar-refractivity contribution is 6.04. The van der Waals surface area contributed by atoms with E-state index >= 15 is 0 Å². The van der Waals surface area contributed by atoms with E-state index in [1.165, 1.54) is 22.1 Å². The van der Waals surface area contributed by atoms with Crippen LogP contribution >= 0.6 is 0 Å². The molecule has 1 aliphatic heterocycles. The molecule has 0 fully saturated rings. The first-order valence-corrected chi connectivity index (χ1v) is 21.5. The molecule has 1 aliphatic carbocycles.